The van der Waals surface area contributed by atoms with Crippen LogP contribution in [0.15, 0.2) is 30.3 Å². The lowest BCUT2D eigenvalue weighted by atomic mass is 10.1. The number of halogens is 1. The van der Waals surface area contributed by atoms with Crippen molar-refractivity contribution < 1.29 is 5.11 Å². The zero-order valence-corrected chi connectivity index (χ0v) is 11.0. The van der Waals surface area contributed by atoms with E-state index in [1.54, 1.807) is 13.0 Å². The SMILES string of the molecule is Cc1cc(O)n2nc(Cc3cccc(Cl)c3)nc2n1. The zero-order chi connectivity index (χ0) is 13.4. The first kappa shape index (κ1) is 11.9. The second-order valence-electron chi connectivity index (χ2n) is 4.30. The number of nitrogens with zero attached hydrogens (tertiary/aromatic N) is 4. The maximum Gasteiger partial charge on any atom is 0.255 e. The van der Waals surface area contributed by atoms with Crippen LogP contribution in [0.4, 0.5) is 0 Å². The Balaban J connectivity index is 2.00. The number of hydrogen-bond donors (Lipinski definition) is 1. The van der Waals surface area contributed by atoms with E-state index in [2.05, 4.69) is 15.1 Å². The van der Waals surface area contributed by atoms with Crippen LogP contribution >= 0.6 is 11.6 Å². The van der Waals surface area contributed by atoms with Gasteiger partial charge in [-0.1, -0.05) is 23.7 Å². The van der Waals surface area contributed by atoms with Gasteiger partial charge in [0.15, 0.2) is 5.82 Å². The van der Waals surface area contributed by atoms with Crippen molar-refractivity contribution in [1.82, 2.24) is 19.6 Å². The molecule has 0 aliphatic heterocycles. The lowest BCUT2D eigenvalue weighted by Gasteiger charge is -1.97. The largest absolute Gasteiger partial charge is 0.493 e. The topological polar surface area (TPSA) is 63.3 Å². The molecule has 3 aromatic rings. The van der Waals surface area contributed by atoms with Crippen LogP contribution in [0.3, 0.4) is 0 Å². The van der Waals surface area contributed by atoms with E-state index in [4.69, 9.17) is 11.6 Å². The van der Waals surface area contributed by atoms with Gasteiger partial charge < -0.3 is 5.11 Å². The molecule has 0 saturated carbocycles. The van der Waals surface area contributed by atoms with E-state index in [0.29, 0.717) is 28.7 Å². The first-order valence-electron chi connectivity index (χ1n) is 5.78. The summed E-state index contributed by atoms with van der Waals surface area (Å²) in [6.07, 6.45) is 0.544. The van der Waals surface area contributed by atoms with Gasteiger partial charge in [-0.3, -0.25) is 0 Å². The van der Waals surface area contributed by atoms with E-state index < -0.39 is 0 Å². The van der Waals surface area contributed by atoms with Crippen LogP contribution in [-0.2, 0) is 6.42 Å². The molecular formula is C13H11ClN4O. The number of hydrogen-bond acceptors (Lipinski definition) is 4. The van der Waals surface area contributed by atoms with Gasteiger partial charge in [-0.15, -0.1) is 5.10 Å². The van der Waals surface area contributed by atoms with Crippen molar-refractivity contribution in [2.45, 2.75) is 13.3 Å². The number of rotatable bonds is 2. The fraction of sp³-hybridized carbons (Fsp3) is 0.154. The molecule has 0 aliphatic rings. The normalized spacial score (nSPS) is 11.1. The first-order chi connectivity index (χ1) is 9.11. The summed E-state index contributed by atoms with van der Waals surface area (Å²) in [6, 6.07) is 9.07. The molecule has 0 unspecified atom stereocenters. The van der Waals surface area contributed by atoms with Crippen molar-refractivity contribution in [3.63, 3.8) is 0 Å². The van der Waals surface area contributed by atoms with Crippen molar-refractivity contribution in [1.29, 1.82) is 0 Å². The van der Waals surface area contributed by atoms with Gasteiger partial charge in [0.05, 0.1) is 0 Å². The molecule has 0 fully saturated rings. The van der Waals surface area contributed by atoms with Crippen LogP contribution in [-0.4, -0.2) is 24.7 Å². The number of aryl methyl sites for hydroxylation is 1. The molecule has 96 valence electrons. The summed E-state index contributed by atoms with van der Waals surface area (Å²) >= 11 is 5.94. The summed E-state index contributed by atoms with van der Waals surface area (Å²) in [5.74, 6) is 1.03. The van der Waals surface area contributed by atoms with Gasteiger partial charge in [0, 0.05) is 23.2 Å². The van der Waals surface area contributed by atoms with Gasteiger partial charge in [0.1, 0.15) is 0 Å². The molecule has 0 spiro atoms. The van der Waals surface area contributed by atoms with Gasteiger partial charge in [-0.2, -0.15) is 9.50 Å². The van der Waals surface area contributed by atoms with E-state index in [9.17, 15) is 5.11 Å². The number of aromatic hydroxyl groups is 1. The lowest BCUT2D eigenvalue weighted by molar-refractivity contribution is 0.434. The van der Waals surface area contributed by atoms with Crippen LogP contribution in [0.5, 0.6) is 5.88 Å². The number of benzene rings is 1. The molecule has 0 bridgehead atoms. The van der Waals surface area contributed by atoms with E-state index in [1.165, 1.54) is 4.52 Å². The van der Waals surface area contributed by atoms with Crippen molar-refractivity contribution in [2.75, 3.05) is 0 Å². The second kappa shape index (κ2) is 4.51. The van der Waals surface area contributed by atoms with Gasteiger partial charge in [0.2, 0.25) is 5.88 Å². The average Bonchev–Trinajstić information content (AvgIpc) is 2.71. The predicted octanol–water partition coefficient (Wildman–Crippen LogP) is 2.38. The van der Waals surface area contributed by atoms with Crippen LogP contribution in [0.2, 0.25) is 5.02 Å². The summed E-state index contributed by atoms with van der Waals surface area (Å²) in [4.78, 5) is 8.52. The predicted molar refractivity (Wildman–Crippen MR) is 71.4 cm³/mol. The summed E-state index contributed by atoms with van der Waals surface area (Å²) in [7, 11) is 0. The zero-order valence-electron chi connectivity index (χ0n) is 10.2. The molecule has 2 aromatic heterocycles. The van der Waals surface area contributed by atoms with Crippen LogP contribution in [0.1, 0.15) is 17.1 Å². The molecular weight excluding hydrogens is 264 g/mol. The molecule has 2 heterocycles. The van der Waals surface area contributed by atoms with Gasteiger partial charge in [0.25, 0.3) is 5.78 Å². The van der Waals surface area contributed by atoms with Crippen LogP contribution < -0.4 is 0 Å². The maximum atomic E-state index is 9.77. The Kier molecular flexibility index (Phi) is 2.83. The standard InChI is InChI=1S/C13H11ClN4O/c1-8-5-12(19)18-13(15-8)16-11(17-18)7-9-3-2-4-10(14)6-9/h2-6,19H,7H2,1H3. The minimum atomic E-state index is 0.0346. The summed E-state index contributed by atoms with van der Waals surface area (Å²) < 4.78 is 1.33. The molecule has 0 amide bonds. The molecule has 0 aliphatic carbocycles. The number of aromatic nitrogens is 4. The highest BCUT2D eigenvalue weighted by Crippen LogP contribution is 2.15. The van der Waals surface area contributed by atoms with Crippen molar-refractivity contribution in [3.05, 3.63) is 52.4 Å². The van der Waals surface area contributed by atoms with Gasteiger partial charge >= 0.3 is 0 Å². The monoisotopic (exact) mass is 274 g/mol. The Bertz CT molecular complexity index is 753. The molecule has 0 saturated heterocycles. The maximum absolute atomic E-state index is 9.77. The smallest absolute Gasteiger partial charge is 0.255 e. The van der Waals surface area contributed by atoms with Gasteiger partial charge in [-0.05, 0) is 24.6 Å². The van der Waals surface area contributed by atoms with Gasteiger partial charge in [-0.25, -0.2) is 4.98 Å². The average molecular weight is 275 g/mol. The molecule has 6 heteroatoms. The highest BCUT2D eigenvalue weighted by molar-refractivity contribution is 6.30. The second-order valence-corrected chi connectivity index (χ2v) is 4.74. The third-order valence-corrected chi connectivity index (χ3v) is 2.95. The lowest BCUT2D eigenvalue weighted by Crippen LogP contribution is -1.94. The van der Waals surface area contributed by atoms with Crippen molar-refractivity contribution >= 4 is 17.4 Å². The van der Waals surface area contributed by atoms with Crippen molar-refractivity contribution in [2.24, 2.45) is 0 Å². The van der Waals surface area contributed by atoms with Crippen LogP contribution in [0, 0.1) is 6.92 Å². The van der Waals surface area contributed by atoms with E-state index in [-0.39, 0.29) is 5.88 Å². The number of fused-ring (bicyclic) bond motifs is 1. The molecule has 3 rings (SSSR count). The summed E-state index contributed by atoms with van der Waals surface area (Å²) in [5, 5.41) is 14.7. The summed E-state index contributed by atoms with van der Waals surface area (Å²) in [6.45, 7) is 1.80. The summed E-state index contributed by atoms with van der Waals surface area (Å²) in [5.41, 5.74) is 1.71. The van der Waals surface area contributed by atoms with Crippen molar-refractivity contribution in [3.8, 4) is 5.88 Å². The Morgan fingerprint density at radius 1 is 1.26 bits per heavy atom. The third-order valence-electron chi connectivity index (χ3n) is 2.72. The third kappa shape index (κ3) is 2.37. The Morgan fingerprint density at radius 3 is 2.89 bits per heavy atom. The minimum Gasteiger partial charge on any atom is -0.493 e. The Morgan fingerprint density at radius 2 is 2.11 bits per heavy atom. The molecule has 1 aromatic carbocycles. The quantitative estimate of drug-likeness (QED) is 0.779. The molecule has 0 radical (unpaired) electrons. The molecule has 0 atom stereocenters. The molecule has 19 heavy (non-hydrogen) atoms. The van der Waals surface area contributed by atoms with E-state index in [1.807, 2.05) is 24.3 Å². The fourth-order valence-electron chi connectivity index (χ4n) is 1.91. The highest BCUT2D eigenvalue weighted by atomic mass is 35.5. The van der Waals surface area contributed by atoms with E-state index in [0.717, 1.165) is 5.56 Å². The van der Waals surface area contributed by atoms with Crippen LogP contribution in [0.25, 0.3) is 5.78 Å². The first-order valence-corrected chi connectivity index (χ1v) is 6.16. The minimum absolute atomic E-state index is 0.0346. The molecule has 1 N–H and O–H groups in total. The Hall–Kier alpha value is -2.14. The highest BCUT2D eigenvalue weighted by Gasteiger charge is 2.09. The fourth-order valence-corrected chi connectivity index (χ4v) is 2.13. The molecule has 5 nitrogen and oxygen atoms in total. The Labute approximate surface area is 114 Å². The van der Waals surface area contributed by atoms with E-state index >= 15 is 0 Å².